The number of hydrazone groups is 2. The lowest BCUT2D eigenvalue weighted by Crippen LogP contribution is -2.31. The van der Waals surface area contributed by atoms with Crippen LogP contribution in [-0.4, -0.2) is 50.6 Å². The van der Waals surface area contributed by atoms with Crippen LogP contribution in [-0.2, 0) is 0 Å². The molecule has 3 N–H and O–H groups in total. The van der Waals surface area contributed by atoms with Crippen molar-refractivity contribution in [3.8, 4) is 11.3 Å². The van der Waals surface area contributed by atoms with Crippen LogP contribution in [0.25, 0.3) is 23.4 Å². The van der Waals surface area contributed by atoms with E-state index in [1.165, 1.54) is 0 Å². The number of para-hydroxylation sites is 1. The van der Waals surface area contributed by atoms with Crippen LogP contribution in [0.5, 0.6) is 0 Å². The number of hydrogen-bond donors (Lipinski definition) is 3. The van der Waals surface area contributed by atoms with Crippen LogP contribution in [0.2, 0.25) is 0 Å². The van der Waals surface area contributed by atoms with E-state index >= 15 is 0 Å². The van der Waals surface area contributed by atoms with Gasteiger partial charge in [0, 0.05) is 31.5 Å². The molecule has 0 saturated carbocycles. The maximum Gasteiger partial charge on any atom is 0.191 e. The molecule has 5 rings (SSSR count). The molecular formula is C38H34N8S2. The predicted octanol–water partition coefficient (Wildman–Crippen LogP) is 7.40. The molecule has 0 unspecified atom stereocenters. The van der Waals surface area contributed by atoms with Crippen molar-refractivity contribution in [3.05, 3.63) is 162 Å². The SMILES string of the molecule is CN(C)C(=S)N/N=C(\C=C\c1ccccc1)c1cccc(-c2ccc(/C=C/C(=N\NC(=S)Nc3ccccc3)c3ccccn3)cc2)n1. The zero-order chi connectivity index (χ0) is 33.6. The largest absolute Gasteiger partial charge is 0.354 e. The Hall–Kier alpha value is -5.84. The minimum atomic E-state index is 0.377. The lowest BCUT2D eigenvalue weighted by molar-refractivity contribution is 0.606. The number of nitrogens with zero attached hydrogens (tertiary/aromatic N) is 5. The maximum atomic E-state index is 5.44. The van der Waals surface area contributed by atoms with E-state index in [1.54, 1.807) is 11.1 Å². The van der Waals surface area contributed by atoms with Crippen molar-refractivity contribution in [2.75, 3.05) is 19.4 Å². The normalized spacial score (nSPS) is 11.8. The Balaban J connectivity index is 1.34. The minimum absolute atomic E-state index is 0.377. The van der Waals surface area contributed by atoms with Gasteiger partial charge in [-0.3, -0.25) is 15.8 Å². The topological polar surface area (TPSA) is 89.8 Å². The first-order valence-corrected chi connectivity index (χ1v) is 15.9. The Labute approximate surface area is 291 Å². The van der Waals surface area contributed by atoms with Crippen LogP contribution in [0.4, 0.5) is 5.69 Å². The quantitative estimate of drug-likeness (QED) is 0.0808. The van der Waals surface area contributed by atoms with Crippen LogP contribution in [0.1, 0.15) is 22.5 Å². The van der Waals surface area contributed by atoms with E-state index in [2.05, 4.69) is 31.4 Å². The molecule has 0 spiro atoms. The van der Waals surface area contributed by atoms with Crippen LogP contribution in [0.15, 0.2) is 150 Å². The van der Waals surface area contributed by atoms with Crippen molar-refractivity contribution in [2.45, 2.75) is 0 Å². The van der Waals surface area contributed by atoms with Gasteiger partial charge in [0.2, 0.25) is 0 Å². The molecule has 5 aromatic rings. The number of benzene rings is 3. The Morgan fingerprint density at radius 3 is 1.92 bits per heavy atom. The van der Waals surface area contributed by atoms with E-state index in [0.29, 0.717) is 33.0 Å². The fourth-order valence-electron chi connectivity index (χ4n) is 4.29. The highest BCUT2D eigenvalue weighted by Crippen LogP contribution is 2.20. The molecule has 0 bridgehead atoms. The van der Waals surface area contributed by atoms with E-state index in [0.717, 1.165) is 28.1 Å². The summed E-state index contributed by atoms with van der Waals surface area (Å²) >= 11 is 10.8. The fraction of sp³-hybridized carbons (Fsp3) is 0.0526. The van der Waals surface area contributed by atoms with Crippen molar-refractivity contribution in [3.63, 3.8) is 0 Å². The van der Waals surface area contributed by atoms with E-state index in [1.807, 2.05) is 160 Å². The highest BCUT2D eigenvalue weighted by Gasteiger charge is 2.08. The monoisotopic (exact) mass is 666 g/mol. The van der Waals surface area contributed by atoms with Crippen molar-refractivity contribution in [1.82, 2.24) is 25.7 Å². The van der Waals surface area contributed by atoms with Gasteiger partial charge in [-0.25, -0.2) is 4.98 Å². The lowest BCUT2D eigenvalue weighted by Gasteiger charge is -2.13. The molecule has 2 heterocycles. The zero-order valence-electron chi connectivity index (χ0n) is 26.5. The zero-order valence-corrected chi connectivity index (χ0v) is 28.1. The Bertz CT molecular complexity index is 1940. The molecule has 8 nitrogen and oxygen atoms in total. The molecule has 0 amide bonds. The second-order valence-corrected chi connectivity index (χ2v) is 11.4. The summed E-state index contributed by atoms with van der Waals surface area (Å²) in [6.45, 7) is 0. The van der Waals surface area contributed by atoms with Crippen LogP contribution in [0, 0.1) is 0 Å². The molecule has 3 aromatic carbocycles. The molecule has 0 aliphatic heterocycles. The molecule has 10 heteroatoms. The highest BCUT2D eigenvalue weighted by molar-refractivity contribution is 7.80. The molecule has 0 saturated heterocycles. The lowest BCUT2D eigenvalue weighted by atomic mass is 10.1. The molecule has 2 aromatic heterocycles. The number of pyridine rings is 2. The number of allylic oxidation sites excluding steroid dienone is 2. The summed E-state index contributed by atoms with van der Waals surface area (Å²) in [6.07, 6.45) is 9.55. The van der Waals surface area contributed by atoms with Gasteiger partial charge in [-0.1, -0.05) is 97.1 Å². The van der Waals surface area contributed by atoms with Gasteiger partial charge in [0.1, 0.15) is 11.4 Å². The van der Waals surface area contributed by atoms with Crippen molar-refractivity contribution in [1.29, 1.82) is 0 Å². The summed E-state index contributed by atoms with van der Waals surface area (Å²) in [5.41, 5.74) is 13.3. The molecule has 0 atom stereocenters. The summed E-state index contributed by atoms with van der Waals surface area (Å²) < 4.78 is 0. The van der Waals surface area contributed by atoms with Crippen molar-refractivity contribution in [2.24, 2.45) is 10.2 Å². The van der Waals surface area contributed by atoms with Gasteiger partial charge in [0.25, 0.3) is 0 Å². The third-order valence-corrected chi connectivity index (χ3v) is 7.45. The standard InChI is InChI=1S/C38H34N8S2/c1-46(2)38(48)45-43-36(26-21-28-12-5-3-6-13-28)34-18-11-17-32(41-34)30-23-19-29(20-24-30)22-25-35(33-16-9-10-27-39-33)42-44-37(47)40-31-14-7-4-8-15-31/h3-27H,1-2H3,(H,45,48)(H2,40,44,47)/b25-22+,26-21+,42-35+,43-36+. The first-order valence-electron chi connectivity index (χ1n) is 15.1. The molecule has 48 heavy (non-hydrogen) atoms. The summed E-state index contributed by atoms with van der Waals surface area (Å²) in [4.78, 5) is 11.2. The highest BCUT2D eigenvalue weighted by atomic mass is 32.1. The van der Waals surface area contributed by atoms with Gasteiger partial charge in [-0.2, -0.15) is 10.2 Å². The number of hydrogen-bond acceptors (Lipinski definition) is 6. The smallest absolute Gasteiger partial charge is 0.191 e. The molecule has 0 aliphatic rings. The van der Waals surface area contributed by atoms with Gasteiger partial charge in [-0.05, 0) is 84.1 Å². The van der Waals surface area contributed by atoms with E-state index in [4.69, 9.17) is 29.4 Å². The summed E-state index contributed by atoms with van der Waals surface area (Å²) in [5, 5.41) is 13.1. The summed E-state index contributed by atoms with van der Waals surface area (Å²) in [6, 6.07) is 39.4. The molecule has 0 aliphatic carbocycles. The first-order chi connectivity index (χ1) is 23.4. The maximum absolute atomic E-state index is 5.44. The first kappa shape index (κ1) is 33.5. The fourth-order valence-corrected chi connectivity index (χ4v) is 4.50. The third-order valence-electron chi connectivity index (χ3n) is 6.80. The second kappa shape index (κ2) is 17.2. The Morgan fingerprint density at radius 1 is 0.646 bits per heavy atom. The number of anilines is 1. The predicted molar refractivity (Wildman–Crippen MR) is 207 cm³/mol. The summed E-state index contributed by atoms with van der Waals surface area (Å²) in [7, 11) is 3.73. The van der Waals surface area contributed by atoms with Crippen LogP contribution >= 0.6 is 24.4 Å². The van der Waals surface area contributed by atoms with Crippen molar-refractivity contribution < 1.29 is 0 Å². The molecular weight excluding hydrogens is 633 g/mol. The number of thiocarbonyl (C=S) groups is 2. The summed E-state index contributed by atoms with van der Waals surface area (Å²) in [5.74, 6) is 0. The van der Waals surface area contributed by atoms with Crippen LogP contribution < -0.4 is 16.2 Å². The average molecular weight is 667 g/mol. The van der Waals surface area contributed by atoms with Crippen LogP contribution in [0.3, 0.4) is 0 Å². The van der Waals surface area contributed by atoms with Gasteiger partial charge >= 0.3 is 0 Å². The average Bonchev–Trinajstić information content (AvgIpc) is 3.13. The number of nitrogens with one attached hydrogen (secondary N) is 3. The Morgan fingerprint density at radius 2 is 1.25 bits per heavy atom. The van der Waals surface area contributed by atoms with Gasteiger partial charge in [-0.15, -0.1) is 0 Å². The minimum Gasteiger partial charge on any atom is -0.354 e. The van der Waals surface area contributed by atoms with Crippen molar-refractivity contribution >= 4 is 63.9 Å². The Kier molecular flexibility index (Phi) is 12.0. The molecule has 0 radical (unpaired) electrons. The van der Waals surface area contributed by atoms with Gasteiger partial charge < -0.3 is 10.2 Å². The van der Waals surface area contributed by atoms with E-state index in [9.17, 15) is 0 Å². The van der Waals surface area contributed by atoms with E-state index in [-0.39, 0.29) is 0 Å². The van der Waals surface area contributed by atoms with Gasteiger partial charge in [0.15, 0.2) is 10.2 Å². The third kappa shape index (κ3) is 10.1. The van der Waals surface area contributed by atoms with E-state index < -0.39 is 0 Å². The number of aromatic nitrogens is 2. The molecule has 238 valence electrons. The second-order valence-electron chi connectivity index (χ2n) is 10.6. The van der Waals surface area contributed by atoms with Gasteiger partial charge in [0.05, 0.1) is 17.1 Å². The number of rotatable bonds is 10. The molecule has 0 fully saturated rings.